The van der Waals surface area contributed by atoms with Crippen LogP contribution >= 0.6 is 0 Å². The maximum atomic E-state index is 6.61. The number of pyridine rings is 2. The molecule has 1 aliphatic heterocycles. The molecule has 0 spiro atoms. The Morgan fingerprint density at radius 2 is 1.35 bits per heavy atom. The number of benzene rings is 6. The third kappa shape index (κ3) is 4.70. The van der Waals surface area contributed by atoms with Gasteiger partial charge >= 0.3 is 21.1 Å². The van der Waals surface area contributed by atoms with Crippen molar-refractivity contribution in [3.05, 3.63) is 175 Å². The van der Waals surface area contributed by atoms with Gasteiger partial charge in [0.25, 0.3) is 0 Å². The van der Waals surface area contributed by atoms with E-state index in [1.807, 2.05) is 48.9 Å². The average molecular weight is 877 g/mol. The Bertz CT molecular complexity index is 3080. The van der Waals surface area contributed by atoms with Crippen LogP contribution in [0.3, 0.4) is 0 Å². The molecule has 7 heteroatoms. The molecule has 0 saturated heterocycles. The number of fused-ring (bicyclic) bond motifs is 11. The van der Waals surface area contributed by atoms with Gasteiger partial charge in [-0.25, -0.2) is 4.98 Å². The molecule has 6 nitrogen and oxygen atoms in total. The standard InChI is InChI=1S/C47H31N5O.Pt/c1-47(2)38-15-7-9-17-41(38)52(45-18-10-11-23-48-45)44-27-32(20-22-39(44)47)53-31-19-21-33-35-28-36-34-14-6-8-16-40(34)51(30-12-4-3-5-13-30)43(36)29-42(35)50-25-24-49-46(50)37(33)26-31;/h3-25,28-29H,1-2H3;/q-2;+2. The first-order valence-corrected chi connectivity index (χ1v) is 17.8. The smallest absolute Gasteiger partial charge is 0.503 e. The number of para-hydroxylation sites is 3. The van der Waals surface area contributed by atoms with Crippen molar-refractivity contribution in [3.63, 3.8) is 0 Å². The van der Waals surface area contributed by atoms with Gasteiger partial charge in [0.1, 0.15) is 5.82 Å². The van der Waals surface area contributed by atoms with Gasteiger partial charge in [0.2, 0.25) is 0 Å². The largest absolute Gasteiger partial charge is 2.00 e. The zero-order valence-electron chi connectivity index (χ0n) is 29.4. The molecule has 0 bridgehead atoms. The van der Waals surface area contributed by atoms with Crippen LogP contribution in [0.25, 0.3) is 54.8 Å². The van der Waals surface area contributed by atoms with Gasteiger partial charge in [-0.1, -0.05) is 103 Å². The van der Waals surface area contributed by atoms with Gasteiger partial charge in [-0.05, 0) is 58.8 Å². The predicted molar refractivity (Wildman–Crippen MR) is 213 cm³/mol. The third-order valence-corrected chi connectivity index (χ3v) is 10.8. The minimum Gasteiger partial charge on any atom is -0.503 e. The molecule has 0 unspecified atom stereocenters. The molecule has 4 aromatic heterocycles. The second kappa shape index (κ2) is 12.2. The van der Waals surface area contributed by atoms with Crippen LogP contribution in [0.5, 0.6) is 11.5 Å². The summed E-state index contributed by atoms with van der Waals surface area (Å²) in [6.07, 6.45) is 5.71. The van der Waals surface area contributed by atoms with Gasteiger partial charge in [-0.2, -0.15) is 6.07 Å². The molecule has 0 atom stereocenters. The van der Waals surface area contributed by atoms with Gasteiger partial charge in [-0.3, -0.25) is 4.98 Å². The summed E-state index contributed by atoms with van der Waals surface area (Å²) in [7, 11) is 0. The molecule has 0 fully saturated rings. The minimum absolute atomic E-state index is 0. The van der Waals surface area contributed by atoms with E-state index >= 15 is 0 Å². The Balaban J connectivity index is 0.00000361. The molecule has 5 heterocycles. The predicted octanol–water partition coefficient (Wildman–Crippen LogP) is 11.6. The molecule has 10 aromatic rings. The molecule has 0 saturated carbocycles. The van der Waals surface area contributed by atoms with Gasteiger partial charge in [0.05, 0.1) is 16.7 Å². The number of hydrogen-bond acceptors (Lipinski definition) is 4. The zero-order valence-corrected chi connectivity index (χ0v) is 31.7. The van der Waals surface area contributed by atoms with Crippen molar-refractivity contribution in [2.24, 2.45) is 0 Å². The first-order valence-electron chi connectivity index (χ1n) is 17.8. The quantitative estimate of drug-likeness (QED) is 0.131. The summed E-state index contributed by atoms with van der Waals surface area (Å²) in [6, 6.07) is 53.9. The van der Waals surface area contributed by atoms with Crippen molar-refractivity contribution in [1.29, 1.82) is 0 Å². The molecule has 11 rings (SSSR count). The maximum absolute atomic E-state index is 6.61. The second-order valence-corrected chi connectivity index (χ2v) is 14.2. The fourth-order valence-corrected chi connectivity index (χ4v) is 8.40. The summed E-state index contributed by atoms with van der Waals surface area (Å²) < 4.78 is 11.1. The molecule has 0 N–H and O–H groups in total. The number of nitrogens with zero attached hydrogens (tertiary/aromatic N) is 5. The van der Waals surface area contributed by atoms with Crippen LogP contribution in [0.2, 0.25) is 0 Å². The van der Waals surface area contributed by atoms with E-state index in [0.717, 1.165) is 61.3 Å². The van der Waals surface area contributed by atoms with E-state index in [1.54, 1.807) is 0 Å². The van der Waals surface area contributed by atoms with Gasteiger partial charge in [-0.15, -0.1) is 29.8 Å². The van der Waals surface area contributed by atoms with E-state index < -0.39 is 0 Å². The van der Waals surface area contributed by atoms with Crippen molar-refractivity contribution < 1.29 is 25.8 Å². The van der Waals surface area contributed by atoms with Crippen molar-refractivity contribution in [2.45, 2.75) is 19.3 Å². The molecular formula is C47H31N5OPt. The number of imidazole rings is 1. The van der Waals surface area contributed by atoms with E-state index in [-0.39, 0.29) is 26.5 Å². The van der Waals surface area contributed by atoms with E-state index in [1.165, 1.54) is 21.9 Å². The Kier molecular flexibility index (Phi) is 7.30. The number of rotatable bonds is 4. The first kappa shape index (κ1) is 32.4. The Morgan fingerprint density at radius 1 is 0.593 bits per heavy atom. The van der Waals surface area contributed by atoms with Crippen LogP contribution in [0, 0.1) is 12.1 Å². The van der Waals surface area contributed by atoms with Crippen molar-refractivity contribution in [2.75, 3.05) is 4.90 Å². The molecular weight excluding hydrogens is 846 g/mol. The van der Waals surface area contributed by atoms with Gasteiger partial charge < -0.3 is 18.6 Å². The topological polar surface area (TPSA) is 47.6 Å². The monoisotopic (exact) mass is 876 g/mol. The molecule has 1 aliphatic rings. The number of aromatic nitrogens is 4. The Hall–Kier alpha value is -6.23. The van der Waals surface area contributed by atoms with E-state index in [2.05, 4.69) is 143 Å². The number of ether oxygens (including phenoxy) is 1. The molecule has 6 aromatic carbocycles. The summed E-state index contributed by atoms with van der Waals surface area (Å²) in [6.45, 7) is 4.53. The van der Waals surface area contributed by atoms with Crippen LogP contribution in [-0.4, -0.2) is 18.9 Å². The fraction of sp³-hybridized carbons (Fsp3) is 0.0638. The summed E-state index contributed by atoms with van der Waals surface area (Å²) in [5.74, 6) is 2.03. The van der Waals surface area contributed by atoms with Crippen LogP contribution < -0.4 is 9.64 Å². The average Bonchev–Trinajstić information content (AvgIpc) is 3.82. The number of hydrogen-bond donors (Lipinski definition) is 0. The van der Waals surface area contributed by atoms with Crippen LogP contribution in [0.1, 0.15) is 25.0 Å². The molecule has 0 aliphatic carbocycles. The third-order valence-electron chi connectivity index (χ3n) is 10.8. The number of anilines is 3. The second-order valence-electron chi connectivity index (χ2n) is 14.2. The van der Waals surface area contributed by atoms with Crippen LogP contribution in [-0.2, 0) is 26.5 Å². The van der Waals surface area contributed by atoms with Crippen molar-refractivity contribution >= 4 is 66.3 Å². The molecule has 0 radical (unpaired) electrons. The van der Waals surface area contributed by atoms with Gasteiger partial charge in [0.15, 0.2) is 0 Å². The minimum atomic E-state index is -0.243. The van der Waals surface area contributed by atoms with Crippen LogP contribution in [0.4, 0.5) is 17.2 Å². The van der Waals surface area contributed by atoms with Crippen molar-refractivity contribution in [1.82, 2.24) is 18.9 Å². The Labute approximate surface area is 326 Å². The molecule has 260 valence electrons. The van der Waals surface area contributed by atoms with Crippen LogP contribution in [0.15, 0.2) is 152 Å². The first-order chi connectivity index (χ1) is 26.0. The van der Waals surface area contributed by atoms with Crippen molar-refractivity contribution in [3.8, 4) is 17.2 Å². The van der Waals surface area contributed by atoms with E-state index in [4.69, 9.17) is 14.7 Å². The Morgan fingerprint density at radius 3 is 2.22 bits per heavy atom. The van der Waals surface area contributed by atoms with Gasteiger partial charge in [0, 0.05) is 57.8 Å². The zero-order chi connectivity index (χ0) is 35.3. The SMILES string of the molecule is CC1(C)c2ccc(Oc3[c-]c4c(cc3)c3cc5c6ccccc6n(-c6ccccc6)c5cc3n3ccnc43)[c-]c2N(c2ccccn2)c2ccccc21.[Pt+2]. The summed E-state index contributed by atoms with van der Waals surface area (Å²) in [5.41, 5.74) is 9.52. The summed E-state index contributed by atoms with van der Waals surface area (Å²) in [5, 5.41) is 5.50. The molecule has 0 amide bonds. The van der Waals surface area contributed by atoms with E-state index in [0.29, 0.717) is 11.5 Å². The van der Waals surface area contributed by atoms with E-state index in [9.17, 15) is 0 Å². The fourth-order valence-electron chi connectivity index (χ4n) is 8.40. The molecule has 54 heavy (non-hydrogen) atoms. The summed E-state index contributed by atoms with van der Waals surface area (Å²) in [4.78, 5) is 11.8. The maximum Gasteiger partial charge on any atom is 2.00 e. The normalized spacial score (nSPS) is 13.3. The summed E-state index contributed by atoms with van der Waals surface area (Å²) >= 11 is 0.